The Hall–Kier alpha value is -5.21. The number of aromatic amines is 1. The van der Waals surface area contributed by atoms with Crippen LogP contribution >= 0.6 is 25.4 Å². The minimum atomic E-state index is -1.12. The van der Waals surface area contributed by atoms with Gasteiger partial charge in [-0.1, -0.05) is 36.1 Å². The number of carbonyl (C=O) groups excluding carboxylic acids is 2. The molecule has 1 aliphatic carbocycles. The van der Waals surface area contributed by atoms with Crippen LogP contribution in [0.25, 0.3) is 33.4 Å². The standard InChI is InChI=1S/C45H53N6O9P3/c1-5-46-35-22-37-33(19-26(35)3)41(34-20-27(4)36(47-6-2)23-38(34)60-37)32-21-28(13-15-31(32)44(55)56)42(53)49-17-9-7-8-12-39(52)48-18-10-11-29-24-51(45(57)50-43(29)54)40-16-14-30(59-40)25-58-63(61)62/h13,15,19-24,30,40,46H,5-9,12,14,16-18,25,61-62H2,1-4H3,(H,48,52)(H,49,53)(H,55,56)(H,50,54,57)/p+1/t30-,40+/m0/s1. The van der Waals surface area contributed by atoms with E-state index in [0.717, 1.165) is 33.1 Å². The molecule has 0 bridgehead atoms. The van der Waals surface area contributed by atoms with Gasteiger partial charge in [0.25, 0.3) is 11.5 Å². The molecule has 6 rings (SSSR count). The number of fused-ring (bicyclic) bond motifs is 2. The van der Waals surface area contributed by atoms with E-state index in [-0.39, 0.29) is 42.0 Å². The van der Waals surface area contributed by atoms with Crippen molar-refractivity contribution in [1.29, 1.82) is 0 Å². The van der Waals surface area contributed by atoms with E-state index in [4.69, 9.17) is 13.7 Å². The average Bonchev–Trinajstić information content (AvgIpc) is 3.72. The first-order valence-electron chi connectivity index (χ1n) is 20.9. The maximum Gasteiger partial charge on any atom is 0.336 e. The van der Waals surface area contributed by atoms with Gasteiger partial charge in [-0.2, -0.15) is 0 Å². The fourth-order valence-electron chi connectivity index (χ4n) is 7.56. The number of nitrogens with one attached hydrogen (secondary N) is 5. The molecule has 1 fully saturated rings. The molecule has 3 aliphatic rings. The van der Waals surface area contributed by atoms with E-state index < -0.39 is 31.0 Å². The van der Waals surface area contributed by atoms with Gasteiger partial charge in [-0.25, -0.2) is 14.6 Å². The Kier molecular flexibility index (Phi) is 16.5. The fourth-order valence-corrected chi connectivity index (χ4v) is 8.42. The second-order valence-electron chi connectivity index (χ2n) is 15.2. The van der Waals surface area contributed by atoms with Crippen molar-refractivity contribution in [2.45, 2.75) is 78.6 Å². The zero-order valence-corrected chi connectivity index (χ0v) is 39.0. The summed E-state index contributed by atoms with van der Waals surface area (Å²) in [5, 5.41) is 21.1. The molecule has 2 aliphatic heterocycles. The molecule has 0 spiro atoms. The van der Waals surface area contributed by atoms with Crippen LogP contribution in [0.2, 0.25) is 0 Å². The lowest BCUT2D eigenvalue weighted by Gasteiger charge is -2.19. The summed E-state index contributed by atoms with van der Waals surface area (Å²) in [6, 6.07) is 12.5. The highest BCUT2D eigenvalue weighted by Gasteiger charge is 2.29. The zero-order chi connectivity index (χ0) is 45.2. The van der Waals surface area contributed by atoms with Gasteiger partial charge < -0.3 is 34.7 Å². The van der Waals surface area contributed by atoms with Gasteiger partial charge in [-0.05, 0) is 94.8 Å². The maximum atomic E-state index is 13.5. The van der Waals surface area contributed by atoms with E-state index >= 15 is 0 Å². The van der Waals surface area contributed by atoms with Crippen LogP contribution < -0.4 is 37.5 Å². The molecule has 2 unspecified atom stereocenters. The number of carbonyl (C=O) groups is 3. The molecule has 2 amide bonds. The predicted molar refractivity (Wildman–Crippen MR) is 251 cm³/mol. The number of aromatic carboxylic acids is 1. The molecule has 1 aromatic heterocycles. The zero-order valence-electron chi connectivity index (χ0n) is 35.8. The van der Waals surface area contributed by atoms with Crippen molar-refractivity contribution in [2.75, 3.05) is 38.1 Å². The Morgan fingerprint density at radius 1 is 1.02 bits per heavy atom. The molecule has 6 N–H and O–H groups in total. The number of hydrogen-bond acceptors (Lipinski definition) is 9. The summed E-state index contributed by atoms with van der Waals surface area (Å²) in [6.07, 6.45) is 4.08. The first-order valence-corrected chi connectivity index (χ1v) is 25.4. The first-order chi connectivity index (χ1) is 30.3. The van der Waals surface area contributed by atoms with E-state index in [0.29, 0.717) is 86.4 Å². The van der Waals surface area contributed by atoms with Crippen molar-refractivity contribution in [2.24, 2.45) is 0 Å². The summed E-state index contributed by atoms with van der Waals surface area (Å²) in [5.74, 6) is 4.42. The number of carboxylic acids is 1. The largest absolute Gasteiger partial charge is 0.478 e. The Morgan fingerprint density at radius 3 is 2.57 bits per heavy atom. The molecule has 4 atom stereocenters. The molecule has 15 nitrogen and oxygen atoms in total. The number of anilines is 1. The molecule has 0 radical (unpaired) electrons. The van der Waals surface area contributed by atoms with Crippen LogP contribution in [-0.4, -0.2) is 71.3 Å². The molecule has 3 aromatic rings. The third-order valence-electron chi connectivity index (χ3n) is 10.7. The normalized spacial score (nSPS) is 15.1. The second kappa shape index (κ2) is 21.9. The molecule has 1 saturated heterocycles. The molecule has 0 saturated carbocycles. The number of H-pyrrole nitrogens is 1. The van der Waals surface area contributed by atoms with Gasteiger partial charge in [0.2, 0.25) is 11.3 Å². The number of nitrogens with zero attached hydrogens (tertiary/aromatic N) is 1. The minimum absolute atomic E-state index is 0.0131. The van der Waals surface area contributed by atoms with Crippen LogP contribution in [0, 0.1) is 25.7 Å². The second-order valence-corrected chi connectivity index (χ2v) is 21.1. The summed E-state index contributed by atoms with van der Waals surface area (Å²) >= 11 is 0. The summed E-state index contributed by atoms with van der Waals surface area (Å²) in [5.41, 5.74) is 4.45. The predicted octanol–water partition coefficient (Wildman–Crippen LogP) is 4.93. The van der Waals surface area contributed by atoms with Crippen LogP contribution in [0.3, 0.4) is 0 Å². The van der Waals surface area contributed by atoms with Gasteiger partial charge in [0.05, 0.1) is 38.4 Å². The first kappa shape index (κ1) is 47.3. The average molecular weight is 916 g/mol. The Balaban J connectivity index is 1.06. The number of amides is 2. The van der Waals surface area contributed by atoms with E-state index in [1.54, 1.807) is 6.07 Å². The summed E-state index contributed by atoms with van der Waals surface area (Å²) < 4.78 is 19.4. The van der Waals surface area contributed by atoms with Crippen molar-refractivity contribution < 1.29 is 38.2 Å². The van der Waals surface area contributed by atoms with Crippen LogP contribution in [0.5, 0.6) is 0 Å². The van der Waals surface area contributed by atoms with E-state index in [9.17, 15) is 29.1 Å². The monoisotopic (exact) mass is 915 g/mol. The molecular formula is C45H54N6O9P3+. The number of ether oxygens (including phenoxy) is 1. The summed E-state index contributed by atoms with van der Waals surface area (Å²) in [4.78, 5) is 69.4. The third-order valence-corrected chi connectivity index (χ3v) is 12.0. The van der Waals surface area contributed by atoms with Gasteiger partial charge in [0.1, 0.15) is 29.7 Å². The van der Waals surface area contributed by atoms with Gasteiger partial charge in [0.15, 0.2) is 0 Å². The van der Waals surface area contributed by atoms with Crippen molar-refractivity contribution in [3.05, 3.63) is 103 Å². The Morgan fingerprint density at radius 2 is 1.83 bits per heavy atom. The quantitative estimate of drug-likeness (QED) is 0.0321. The lowest BCUT2D eigenvalue weighted by molar-refractivity contribution is -0.496. The van der Waals surface area contributed by atoms with Gasteiger partial charge in [-0.3, -0.25) is 23.9 Å². The number of unbranched alkanes of at least 4 members (excludes halogenated alkanes) is 2. The van der Waals surface area contributed by atoms with Crippen molar-refractivity contribution in [3.63, 3.8) is 0 Å². The van der Waals surface area contributed by atoms with Crippen LogP contribution in [-0.2, 0) is 14.1 Å². The molecule has 332 valence electrons. The van der Waals surface area contributed by atoms with Gasteiger partial charge in [0, 0.05) is 65.1 Å². The van der Waals surface area contributed by atoms with Gasteiger partial charge >= 0.3 is 11.7 Å². The lowest BCUT2D eigenvalue weighted by Crippen LogP contribution is -2.76. The highest BCUT2D eigenvalue weighted by molar-refractivity contribution is 8.41. The number of carboxylic acid groups (broad SMARTS) is 1. The number of benzene rings is 3. The van der Waals surface area contributed by atoms with E-state index in [1.807, 2.05) is 52.0 Å². The fraction of sp³-hybridized carbons (Fsp3) is 0.378. The summed E-state index contributed by atoms with van der Waals surface area (Å²) in [6.45, 7) is 10.2. The van der Waals surface area contributed by atoms with Crippen LogP contribution in [0.4, 0.5) is 5.69 Å². The van der Waals surface area contributed by atoms with Crippen LogP contribution in [0.1, 0.15) is 96.0 Å². The van der Waals surface area contributed by atoms with Crippen molar-refractivity contribution >= 4 is 59.8 Å². The Bertz CT molecular complexity index is 2740. The lowest BCUT2D eigenvalue weighted by atomic mass is 9.88. The molecule has 63 heavy (non-hydrogen) atoms. The third kappa shape index (κ3) is 11.9. The number of rotatable bonds is 17. The van der Waals surface area contributed by atoms with Crippen molar-refractivity contribution in [1.82, 2.24) is 20.2 Å². The number of aryl methyl sites for hydroxylation is 2. The van der Waals surface area contributed by atoms with Crippen LogP contribution in [0.15, 0.2) is 62.7 Å². The molecule has 2 aromatic carbocycles. The highest BCUT2D eigenvalue weighted by atomic mass is 32.4. The highest BCUT2D eigenvalue weighted by Crippen LogP contribution is 2.54. The minimum Gasteiger partial charge on any atom is -0.478 e. The molecule has 3 heterocycles. The van der Waals surface area contributed by atoms with Crippen molar-refractivity contribution in [3.8, 4) is 34.3 Å². The maximum absolute atomic E-state index is 13.5. The topological polar surface area (TPSA) is 208 Å². The SMILES string of the molecule is CCNc1cc2oc3cc(=[NH+]CC)c(C)cc-3c(-c3cc(C(=O)NCCCCCC(=O)NCC#Cc4cn([C@H]5CC[C@@H](COP(P)P)O5)c(=O)[nH]c4=O)ccc3C(=O)O)c2cc1C. The number of hydrogen-bond donors (Lipinski definition) is 6. The van der Waals surface area contributed by atoms with Gasteiger partial charge in [-0.15, -0.1) is 0 Å². The number of aromatic nitrogens is 2. The smallest absolute Gasteiger partial charge is 0.336 e. The molecular weight excluding hydrogens is 861 g/mol. The Labute approximate surface area is 370 Å². The van der Waals surface area contributed by atoms with E-state index in [2.05, 4.69) is 55.6 Å². The summed E-state index contributed by atoms with van der Waals surface area (Å²) in [7, 11) is 4.48. The molecule has 18 heteroatoms. The van der Waals surface area contributed by atoms with E-state index in [1.165, 1.54) is 22.9 Å².